The first-order chi connectivity index (χ1) is 7.63. The van der Waals surface area contributed by atoms with Gasteiger partial charge in [0.2, 0.25) is 0 Å². The monoisotopic (exact) mass is 330 g/mol. The van der Waals surface area contributed by atoms with Crippen LogP contribution in [0.25, 0.3) is 10.8 Å². The summed E-state index contributed by atoms with van der Waals surface area (Å²) in [6.45, 7) is 0. The summed E-state index contributed by atoms with van der Waals surface area (Å²) >= 11 is 1.61. The minimum Gasteiger partial charge on any atom is -0.507 e. The first-order valence-electron chi connectivity index (χ1n) is 4.41. The Morgan fingerprint density at radius 3 is 2.69 bits per heavy atom. The van der Waals surface area contributed by atoms with E-state index in [9.17, 15) is 9.90 Å². The van der Waals surface area contributed by atoms with E-state index in [2.05, 4.69) is 0 Å². The first kappa shape index (κ1) is 11.0. The van der Waals surface area contributed by atoms with Gasteiger partial charge >= 0.3 is 5.97 Å². The Morgan fingerprint density at radius 1 is 1.31 bits per heavy atom. The molecule has 0 heterocycles. The van der Waals surface area contributed by atoms with Gasteiger partial charge in [-0.2, -0.15) is 0 Å². The fourth-order valence-electron chi connectivity index (χ4n) is 1.52. The van der Waals surface area contributed by atoms with Crippen LogP contribution in [0, 0.1) is 0 Å². The van der Waals surface area contributed by atoms with Crippen molar-refractivity contribution in [3.63, 3.8) is 0 Å². The second kappa shape index (κ2) is 4.17. The molecule has 0 fully saturated rings. The summed E-state index contributed by atoms with van der Waals surface area (Å²) in [5.74, 6) is -0.733. The Morgan fingerprint density at radius 2 is 2.06 bits per heavy atom. The molecule has 4 nitrogen and oxygen atoms in total. The summed E-state index contributed by atoms with van der Waals surface area (Å²) in [6.07, 6.45) is 0. The van der Waals surface area contributed by atoms with Crippen molar-refractivity contribution in [1.29, 1.82) is 0 Å². The molecule has 16 heavy (non-hydrogen) atoms. The molecular weight excluding hydrogens is 323 g/mol. The largest absolute Gasteiger partial charge is 0.507 e. The third-order valence-electron chi connectivity index (χ3n) is 2.27. The fraction of sp³-hybridized carbons (Fsp3) is 0. The van der Waals surface area contributed by atoms with E-state index in [0.29, 0.717) is 10.8 Å². The van der Waals surface area contributed by atoms with Crippen molar-refractivity contribution in [2.24, 2.45) is 0 Å². The first-order valence-corrected chi connectivity index (χ1v) is 5.29. The summed E-state index contributed by atoms with van der Waals surface area (Å²) in [6, 6.07) is 7.93. The zero-order valence-corrected chi connectivity index (χ0v) is 10.1. The Kier molecular flexibility index (Phi) is 2.86. The smallest absolute Gasteiger partial charge is 0.339 e. The lowest BCUT2D eigenvalue weighted by atomic mass is 10.1. The van der Waals surface area contributed by atoms with Gasteiger partial charge in [-0.05, 0) is 23.6 Å². The zero-order valence-electron chi connectivity index (χ0n) is 7.98. The van der Waals surface area contributed by atoms with Crippen LogP contribution in [-0.2, 0) is 0 Å². The van der Waals surface area contributed by atoms with Gasteiger partial charge in [0.1, 0.15) is 17.1 Å². The van der Waals surface area contributed by atoms with Crippen LogP contribution in [-0.4, -0.2) is 16.2 Å². The molecule has 2 rings (SSSR count). The van der Waals surface area contributed by atoms with Crippen molar-refractivity contribution in [2.75, 3.05) is 0 Å². The topological polar surface area (TPSA) is 66.8 Å². The van der Waals surface area contributed by atoms with Crippen LogP contribution in [0.2, 0.25) is 0 Å². The Balaban J connectivity index is 2.80. The van der Waals surface area contributed by atoms with Gasteiger partial charge in [-0.1, -0.05) is 12.1 Å². The highest BCUT2D eigenvalue weighted by molar-refractivity contribution is 14.1. The highest BCUT2D eigenvalue weighted by Crippen LogP contribution is 2.32. The highest BCUT2D eigenvalue weighted by Gasteiger charge is 2.13. The normalized spacial score (nSPS) is 10.3. The minimum absolute atomic E-state index is 0.0764. The predicted octanol–water partition coefficient (Wildman–Crippen LogP) is 2.97. The maximum absolute atomic E-state index is 11.0. The molecule has 2 N–H and O–H groups in total. The Bertz CT molecular complexity index is 565. The molecule has 0 aliphatic rings. The van der Waals surface area contributed by atoms with Crippen LogP contribution in [0.15, 0.2) is 30.3 Å². The summed E-state index contributed by atoms with van der Waals surface area (Å²) in [5, 5.41) is 19.8. The number of hydrogen-bond donors (Lipinski definition) is 2. The minimum atomic E-state index is -1.06. The van der Waals surface area contributed by atoms with Crippen molar-refractivity contribution in [3.8, 4) is 11.5 Å². The van der Waals surface area contributed by atoms with E-state index in [4.69, 9.17) is 8.17 Å². The summed E-state index contributed by atoms with van der Waals surface area (Å²) in [4.78, 5) is 11.0. The Hall–Kier alpha value is -1.50. The Labute approximate surface area is 105 Å². The number of phenolic OH excluding ortho intramolecular Hbond substituents is 1. The van der Waals surface area contributed by atoms with Crippen molar-refractivity contribution in [2.45, 2.75) is 0 Å². The maximum Gasteiger partial charge on any atom is 0.339 e. The van der Waals surface area contributed by atoms with Crippen LogP contribution in [0.1, 0.15) is 10.4 Å². The van der Waals surface area contributed by atoms with Crippen molar-refractivity contribution in [3.05, 3.63) is 35.9 Å². The molecule has 0 saturated carbocycles. The predicted molar refractivity (Wildman–Crippen MR) is 67.2 cm³/mol. The number of carbonyl (C=O) groups is 1. The molecule has 0 bridgehead atoms. The van der Waals surface area contributed by atoms with Gasteiger partial charge < -0.3 is 13.3 Å². The standard InChI is InChI=1S/C11H7IO4/c12-16-10-5-7-6(2-1-3-9(7)13)4-8(10)11(14)15/h1-5,13H,(H,14,15). The molecule has 2 aromatic rings. The van der Waals surface area contributed by atoms with Gasteiger partial charge in [0, 0.05) is 5.39 Å². The number of rotatable bonds is 2. The molecule has 0 atom stereocenters. The number of halogens is 1. The lowest BCUT2D eigenvalue weighted by Crippen LogP contribution is -1.98. The van der Waals surface area contributed by atoms with E-state index in [0.717, 1.165) is 0 Å². The van der Waals surface area contributed by atoms with E-state index in [1.54, 1.807) is 41.2 Å². The van der Waals surface area contributed by atoms with Gasteiger partial charge in [0.15, 0.2) is 23.0 Å². The second-order valence-corrected chi connectivity index (χ2v) is 3.67. The van der Waals surface area contributed by atoms with E-state index in [-0.39, 0.29) is 17.1 Å². The molecule has 0 aliphatic heterocycles. The van der Waals surface area contributed by atoms with E-state index >= 15 is 0 Å². The molecule has 0 spiro atoms. The number of phenols is 1. The van der Waals surface area contributed by atoms with Gasteiger partial charge in [0.05, 0.1) is 0 Å². The third-order valence-corrected chi connectivity index (χ3v) is 2.75. The third kappa shape index (κ3) is 1.78. The lowest BCUT2D eigenvalue weighted by molar-refractivity contribution is 0.0695. The van der Waals surface area contributed by atoms with Crippen LogP contribution < -0.4 is 3.07 Å². The molecule has 5 heteroatoms. The van der Waals surface area contributed by atoms with Crippen molar-refractivity contribution < 1.29 is 18.1 Å². The molecule has 0 radical (unpaired) electrons. The highest BCUT2D eigenvalue weighted by atomic mass is 127. The number of fused-ring (bicyclic) bond motifs is 1. The molecule has 2 aromatic carbocycles. The number of hydrogen-bond acceptors (Lipinski definition) is 3. The maximum atomic E-state index is 11.0. The van der Waals surface area contributed by atoms with Crippen molar-refractivity contribution in [1.82, 2.24) is 0 Å². The molecule has 0 aromatic heterocycles. The summed E-state index contributed by atoms with van der Waals surface area (Å²) in [7, 11) is 0. The second-order valence-electron chi connectivity index (χ2n) is 3.23. The number of aromatic carboxylic acids is 1. The van der Waals surface area contributed by atoms with Gasteiger partial charge in [-0.3, -0.25) is 0 Å². The molecule has 0 aliphatic carbocycles. The van der Waals surface area contributed by atoms with Crippen LogP contribution >= 0.6 is 23.0 Å². The molecule has 0 amide bonds. The molecule has 0 saturated heterocycles. The summed E-state index contributed by atoms with van der Waals surface area (Å²) < 4.78 is 4.95. The average Bonchev–Trinajstić information content (AvgIpc) is 2.28. The van der Waals surface area contributed by atoms with Gasteiger partial charge in [-0.25, -0.2) is 4.79 Å². The molecule has 0 unspecified atom stereocenters. The number of benzene rings is 2. The number of carboxylic acid groups (broad SMARTS) is 1. The lowest BCUT2D eigenvalue weighted by Gasteiger charge is -2.06. The molecular formula is C11H7IO4. The van der Waals surface area contributed by atoms with Crippen LogP contribution in [0.4, 0.5) is 0 Å². The fourth-order valence-corrected chi connectivity index (χ4v) is 1.88. The van der Waals surface area contributed by atoms with Gasteiger partial charge in [-0.15, -0.1) is 0 Å². The number of aromatic hydroxyl groups is 1. The van der Waals surface area contributed by atoms with Crippen LogP contribution in [0.3, 0.4) is 0 Å². The average molecular weight is 330 g/mol. The summed E-state index contributed by atoms with van der Waals surface area (Å²) in [5.41, 5.74) is 0.0764. The number of carboxylic acids is 1. The van der Waals surface area contributed by atoms with E-state index in [1.165, 1.54) is 12.1 Å². The van der Waals surface area contributed by atoms with Gasteiger partial charge in [0.25, 0.3) is 0 Å². The van der Waals surface area contributed by atoms with Crippen LogP contribution in [0.5, 0.6) is 11.5 Å². The quantitative estimate of drug-likeness (QED) is 0.831. The molecule has 82 valence electrons. The van der Waals surface area contributed by atoms with Crippen molar-refractivity contribution >= 4 is 39.7 Å². The SMILES string of the molecule is O=C(O)c1cc2cccc(O)c2cc1OI. The zero-order chi connectivity index (χ0) is 11.7. The van der Waals surface area contributed by atoms with E-state index in [1.807, 2.05) is 0 Å². The van der Waals surface area contributed by atoms with E-state index < -0.39 is 5.97 Å².